The zero-order valence-corrected chi connectivity index (χ0v) is 12.0. The Bertz CT molecular complexity index is 416. The molecule has 0 aromatic heterocycles. The Hall–Kier alpha value is -0.730. The highest BCUT2D eigenvalue weighted by atomic mass is 32.2. The lowest BCUT2D eigenvalue weighted by atomic mass is 10.1. The van der Waals surface area contributed by atoms with Crippen LogP contribution in [0, 0.1) is 0 Å². The predicted octanol–water partition coefficient (Wildman–Crippen LogP) is -0.407. The molecule has 1 atom stereocenters. The summed E-state index contributed by atoms with van der Waals surface area (Å²) < 4.78 is 25.7. The van der Waals surface area contributed by atoms with Crippen molar-refractivity contribution in [2.45, 2.75) is 31.4 Å². The van der Waals surface area contributed by atoms with Crippen molar-refractivity contribution in [1.29, 1.82) is 0 Å². The van der Waals surface area contributed by atoms with E-state index >= 15 is 0 Å². The predicted molar refractivity (Wildman–Crippen MR) is 73.6 cm³/mol. The highest BCUT2D eigenvalue weighted by Gasteiger charge is 2.25. The van der Waals surface area contributed by atoms with Crippen molar-refractivity contribution in [3.63, 3.8) is 0 Å². The van der Waals surface area contributed by atoms with Gasteiger partial charge in [-0.3, -0.25) is 4.79 Å². The average Bonchev–Trinajstić information content (AvgIpc) is 2.36. The summed E-state index contributed by atoms with van der Waals surface area (Å²) in [7, 11) is -3.66. The maximum Gasteiger partial charge on any atom is 0.237 e. The normalized spacial score (nSPS) is 18.4. The molecular weight excluding hydrogens is 274 g/mol. The molecule has 18 heavy (non-hydrogen) atoms. The van der Waals surface area contributed by atoms with Crippen LogP contribution < -0.4 is 10.5 Å². The van der Waals surface area contributed by atoms with Gasteiger partial charge in [-0.25, -0.2) is 13.1 Å². The Morgan fingerprint density at radius 2 is 1.94 bits per heavy atom. The molecule has 8 heteroatoms. The van der Waals surface area contributed by atoms with E-state index < -0.39 is 15.3 Å². The Morgan fingerprint density at radius 3 is 2.44 bits per heavy atom. The molecule has 0 spiro atoms. The SMILES string of the molecule is CC(C(N)=S)S(=O)(=O)NCC(=O)N1CCCCC1. The topological polar surface area (TPSA) is 92.5 Å². The van der Waals surface area contributed by atoms with Crippen LogP contribution in [0.2, 0.25) is 0 Å². The van der Waals surface area contributed by atoms with Gasteiger partial charge < -0.3 is 10.6 Å². The van der Waals surface area contributed by atoms with Gasteiger partial charge in [-0.15, -0.1) is 0 Å². The third kappa shape index (κ3) is 4.18. The van der Waals surface area contributed by atoms with Gasteiger partial charge in [0, 0.05) is 13.1 Å². The van der Waals surface area contributed by atoms with Crippen LogP contribution in [0.15, 0.2) is 0 Å². The number of hydrogen-bond acceptors (Lipinski definition) is 4. The van der Waals surface area contributed by atoms with E-state index in [4.69, 9.17) is 5.73 Å². The van der Waals surface area contributed by atoms with Crippen LogP contribution in [0.25, 0.3) is 0 Å². The molecule has 1 aliphatic heterocycles. The average molecular weight is 293 g/mol. The minimum Gasteiger partial charge on any atom is -0.392 e. The first-order valence-corrected chi connectivity index (χ1v) is 7.85. The molecule has 0 radical (unpaired) electrons. The fourth-order valence-electron chi connectivity index (χ4n) is 1.70. The molecule has 1 rings (SSSR count). The summed E-state index contributed by atoms with van der Waals surface area (Å²) in [6.07, 6.45) is 3.07. The van der Waals surface area contributed by atoms with Crippen LogP contribution >= 0.6 is 12.2 Å². The summed E-state index contributed by atoms with van der Waals surface area (Å²) in [6, 6.07) is 0. The van der Waals surface area contributed by atoms with E-state index in [-0.39, 0.29) is 17.4 Å². The standard InChI is InChI=1S/C10H19N3O3S2/c1-8(10(11)17)18(15,16)12-7-9(14)13-5-3-2-4-6-13/h8,12H,2-7H2,1H3,(H2,11,17). The first kappa shape index (κ1) is 15.3. The highest BCUT2D eigenvalue weighted by Crippen LogP contribution is 2.08. The molecule has 0 aromatic carbocycles. The minimum atomic E-state index is -3.66. The van der Waals surface area contributed by atoms with Crippen molar-refractivity contribution in [2.24, 2.45) is 5.73 Å². The molecule has 3 N–H and O–H groups in total. The number of nitrogens with zero attached hydrogens (tertiary/aromatic N) is 1. The monoisotopic (exact) mass is 293 g/mol. The van der Waals surface area contributed by atoms with Crippen molar-refractivity contribution in [3.8, 4) is 0 Å². The van der Waals surface area contributed by atoms with Gasteiger partial charge >= 0.3 is 0 Å². The maximum atomic E-state index is 11.8. The van der Waals surface area contributed by atoms with E-state index in [9.17, 15) is 13.2 Å². The van der Waals surface area contributed by atoms with Gasteiger partial charge in [-0.05, 0) is 26.2 Å². The van der Waals surface area contributed by atoms with Gasteiger partial charge in [0.25, 0.3) is 0 Å². The summed E-state index contributed by atoms with van der Waals surface area (Å²) >= 11 is 4.63. The lowest BCUT2D eigenvalue weighted by Crippen LogP contribution is -2.46. The smallest absolute Gasteiger partial charge is 0.237 e. The van der Waals surface area contributed by atoms with Gasteiger partial charge in [0.2, 0.25) is 15.9 Å². The van der Waals surface area contributed by atoms with Gasteiger partial charge in [0.05, 0.1) is 11.5 Å². The van der Waals surface area contributed by atoms with Crippen LogP contribution in [-0.2, 0) is 14.8 Å². The molecule has 0 bridgehead atoms. The fourth-order valence-corrected chi connectivity index (χ4v) is 2.96. The first-order chi connectivity index (χ1) is 8.34. The van der Waals surface area contributed by atoms with Crippen molar-refractivity contribution in [1.82, 2.24) is 9.62 Å². The van der Waals surface area contributed by atoms with Crippen LogP contribution in [0.5, 0.6) is 0 Å². The number of nitrogens with one attached hydrogen (secondary N) is 1. The first-order valence-electron chi connectivity index (χ1n) is 5.90. The van der Waals surface area contributed by atoms with Gasteiger partial charge in [-0.1, -0.05) is 12.2 Å². The Morgan fingerprint density at radius 1 is 1.39 bits per heavy atom. The molecule has 0 aromatic rings. The molecule has 1 fully saturated rings. The third-order valence-corrected chi connectivity index (χ3v) is 5.23. The molecule has 1 amide bonds. The molecule has 1 saturated heterocycles. The van der Waals surface area contributed by atoms with E-state index in [1.807, 2.05) is 0 Å². The van der Waals surface area contributed by atoms with Crippen LogP contribution in [-0.4, -0.2) is 49.1 Å². The van der Waals surface area contributed by atoms with E-state index in [1.165, 1.54) is 6.92 Å². The maximum absolute atomic E-state index is 11.8. The zero-order valence-electron chi connectivity index (χ0n) is 10.4. The number of thiocarbonyl (C=S) groups is 1. The molecule has 1 aliphatic rings. The third-order valence-electron chi connectivity index (χ3n) is 3.00. The van der Waals surface area contributed by atoms with E-state index in [1.54, 1.807) is 4.90 Å². The Kier molecular flexibility index (Phi) is 5.48. The summed E-state index contributed by atoms with van der Waals surface area (Å²) in [4.78, 5) is 13.3. The highest BCUT2D eigenvalue weighted by molar-refractivity contribution is 7.93. The quantitative estimate of drug-likeness (QED) is 0.672. The number of carbonyl (C=O) groups excluding carboxylic acids is 1. The lowest BCUT2D eigenvalue weighted by Gasteiger charge is -2.27. The summed E-state index contributed by atoms with van der Waals surface area (Å²) in [5.74, 6) is -0.201. The molecule has 6 nitrogen and oxygen atoms in total. The molecule has 0 aliphatic carbocycles. The zero-order chi connectivity index (χ0) is 13.8. The molecule has 0 saturated carbocycles. The van der Waals surface area contributed by atoms with E-state index in [0.29, 0.717) is 13.1 Å². The number of sulfonamides is 1. The number of rotatable bonds is 5. The van der Waals surface area contributed by atoms with Gasteiger partial charge in [-0.2, -0.15) is 0 Å². The lowest BCUT2D eigenvalue weighted by molar-refractivity contribution is -0.130. The van der Waals surface area contributed by atoms with Crippen molar-refractivity contribution < 1.29 is 13.2 Å². The fraction of sp³-hybridized carbons (Fsp3) is 0.800. The number of hydrogen-bond donors (Lipinski definition) is 2. The number of likely N-dealkylation sites (tertiary alicyclic amines) is 1. The van der Waals surface area contributed by atoms with Gasteiger partial charge in [0.15, 0.2) is 0 Å². The molecular formula is C10H19N3O3S2. The van der Waals surface area contributed by atoms with Crippen LogP contribution in [0.3, 0.4) is 0 Å². The summed E-state index contributed by atoms with van der Waals surface area (Å²) in [6.45, 7) is 2.57. The minimum absolute atomic E-state index is 0.104. The van der Waals surface area contributed by atoms with E-state index in [2.05, 4.69) is 16.9 Å². The molecule has 1 unspecified atom stereocenters. The number of amides is 1. The summed E-state index contributed by atoms with van der Waals surface area (Å²) in [5.41, 5.74) is 5.29. The molecule has 104 valence electrons. The Balaban J connectivity index is 2.49. The van der Waals surface area contributed by atoms with Crippen molar-refractivity contribution >= 4 is 33.1 Å². The Labute approximate surface area is 113 Å². The second kappa shape index (κ2) is 6.44. The van der Waals surface area contributed by atoms with Crippen LogP contribution in [0.4, 0.5) is 0 Å². The molecule has 1 heterocycles. The second-order valence-corrected chi connectivity index (χ2v) is 6.91. The summed E-state index contributed by atoms with van der Waals surface area (Å²) in [5, 5.41) is -0.971. The van der Waals surface area contributed by atoms with E-state index in [0.717, 1.165) is 19.3 Å². The largest absolute Gasteiger partial charge is 0.392 e. The number of nitrogens with two attached hydrogens (primary N) is 1. The van der Waals surface area contributed by atoms with Crippen molar-refractivity contribution in [2.75, 3.05) is 19.6 Å². The number of carbonyl (C=O) groups is 1. The van der Waals surface area contributed by atoms with Crippen LogP contribution in [0.1, 0.15) is 26.2 Å². The number of piperidine rings is 1. The van der Waals surface area contributed by atoms with Gasteiger partial charge in [0.1, 0.15) is 5.25 Å². The van der Waals surface area contributed by atoms with Crippen molar-refractivity contribution in [3.05, 3.63) is 0 Å². The second-order valence-electron chi connectivity index (χ2n) is 4.35.